The van der Waals surface area contributed by atoms with Gasteiger partial charge >= 0.3 is 0 Å². The van der Waals surface area contributed by atoms with Crippen LogP contribution in [-0.2, 0) is 10.0 Å². The highest BCUT2D eigenvalue weighted by atomic mass is 35.5. The molecule has 0 fully saturated rings. The van der Waals surface area contributed by atoms with Gasteiger partial charge in [0.2, 0.25) is 10.0 Å². The van der Waals surface area contributed by atoms with Crippen molar-refractivity contribution in [2.24, 2.45) is 11.7 Å². The Morgan fingerprint density at radius 2 is 1.91 bits per heavy atom. The quantitative estimate of drug-likeness (QED) is 0.688. The first-order valence-electron chi connectivity index (χ1n) is 7.21. The van der Waals surface area contributed by atoms with Crippen molar-refractivity contribution in [1.29, 1.82) is 0 Å². The summed E-state index contributed by atoms with van der Waals surface area (Å²) in [6, 6.07) is 4.82. The first kappa shape index (κ1) is 21.7. The topological polar surface area (TPSA) is 101 Å². The number of carbonyl (C=O) groups excluding carboxylic acids is 1. The number of anilines is 1. The maximum atomic E-state index is 12.3. The number of benzene rings is 1. The summed E-state index contributed by atoms with van der Waals surface area (Å²) < 4.78 is 25.1. The van der Waals surface area contributed by atoms with Gasteiger partial charge in [-0.3, -0.25) is 9.52 Å². The molecule has 1 unspecified atom stereocenters. The molecule has 6 nitrogen and oxygen atoms in total. The van der Waals surface area contributed by atoms with Crippen LogP contribution in [0.1, 0.15) is 36.2 Å². The lowest BCUT2D eigenvalue weighted by molar-refractivity contribution is 0.0934. The van der Waals surface area contributed by atoms with Crippen molar-refractivity contribution in [1.82, 2.24) is 5.32 Å². The third-order valence-corrected chi connectivity index (χ3v) is 3.76. The molecule has 0 saturated heterocycles. The van der Waals surface area contributed by atoms with Crippen molar-refractivity contribution >= 4 is 34.0 Å². The van der Waals surface area contributed by atoms with Gasteiger partial charge in [0.25, 0.3) is 5.91 Å². The Balaban J connectivity index is 0.00000484. The van der Waals surface area contributed by atoms with E-state index in [-0.39, 0.29) is 24.4 Å². The molecule has 0 heterocycles. The minimum atomic E-state index is -3.39. The number of rotatable bonds is 7. The Kier molecular flexibility index (Phi) is 8.58. The van der Waals surface area contributed by atoms with Gasteiger partial charge in [-0.05, 0) is 37.0 Å². The van der Waals surface area contributed by atoms with E-state index in [0.717, 1.165) is 18.2 Å². The molecule has 132 valence electrons. The van der Waals surface area contributed by atoms with E-state index < -0.39 is 10.0 Å². The molecule has 0 aliphatic rings. The predicted octanol–water partition coefficient (Wildman–Crippen LogP) is 1.89. The van der Waals surface area contributed by atoms with E-state index >= 15 is 0 Å². The molecule has 0 aromatic heterocycles. The Labute approximate surface area is 144 Å². The zero-order valence-corrected chi connectivity index (χ0v) is 15.6. The normalized spacial score (nSPS) is 12.4. The summed E-state index contributed by atoms with van der Waals surface area (Å²) in [6.45, 7) is 6.27. The van der Waals surface area contributed by atoms with Gasteiger partial charge in [0.1, 0.15) is 0 Å². The van der Waals surface area contributed by atoms with Crippen molar-refractivity contribution in [3.8, 4) is 0 Å². The highest BCUT2D eigenvalue weighted by Gasteiger charge is 2.15. The van der Waals surface area contributed by atoms with Crippen molar-refractivity contribution in [2.45, 2.75) is 33.2 Å². The first-order chi connectivity index (χ1) is 10.1. The summed E-state index contributed by atoms with van der Waals surface area (Å²) in [6.07, 6.45) is 1.87. The molecule has 0 aliphatic carbocycles. The minimum absolute atomic E-state index is 0. The molecule has 0 radical (unpaired) electrons. The van der Waals surface area contributed by atoms with Crippen LogP contribution in [0, 0.1) is 12.8 Å². The average molecular weight is 364 g/mol. The van der Waals surface area contributed by atoms with E-state index in [1.165, 1.54) is 6.07 Å². The van der Waals surface area contributed by atoms with Crippen LogP contribution in [0.5, 0.6) is 0 Å². The van der Waals surface area contributed by atoms with Crippen molar-refractivity contribution < 1.29 is 13.2 Å². The highest BCUT2D eigenvalue weighted by molar-refractivity contribution is 7.92. The van der Waals surface area contributed by atoms with Crippen molar-refractivity contribution in [3.63, 3.8) is 0 Å². The maximum Gasteiger partial charge on any atom is 0.251 e. The van der Waals surface area contributed by atoms with Gasteiger partial charge in [-0.25, -0.2) is 8.42 Å². The van der Waals surface area contributed by atoms with Gasteiger partial charge in [0, 0.05) is 18.2 Å². The summed E-state index contributed by atoms with van der Waals surface area (Å²) in [5.74, 6) is 0.169. The molecule has 1 atom stereocenters. The molecule has 1 rings (SSSR count). The van der Waals surface area contributed by atoms with Crippen LogP contribution in [-0.4, -0.2) is 33.2 Å². The maximum absolute atomic E-state index is 12.3. The van der Waals surface area contributed by atoms with Crippen LogP contribution in [0.2, 0.25) is 0 Å². The van der Waals surface area contributed by atoms with Gasteiger partial charge in [0.05, 0.1) is 11.9 Å². The van der Waals surface area contributed by atoms with Gasteiger partial charge in [-0.2, -0.15) is 0 Å². The second-order valence-corrected chi connectivity index (χ2v) is 7.69. The van der Waals surface area contributed by atoms with Crippen molar-refractivity contribution in [3.05, 3.63) is 29.3 Å². The highest BCUT2D eigenvalue weighted by Crippen LogP contribution is 2.18. The van der Waals surface area contributed by atoms with Crippen LogP contribution in [0.15, 0.2) is 18.2 Å². The van der Waals surface area contributed by atoms with Crippen LogP contribution < -0.4 is 15.8 Å². The Morgan fingerprint density at radius 3 is 2.39 bits per heavy atom. The number of sulfonamides is 1. The fourth-order valence-corrected chi connectivity index (χ4v) is 2.74. The van der Waals surface area contributed by atoms with Gasteiger partial charge in [0.15, 0.2) is 0 Å². The van der Waals surface area contributed by atoms with Gasteiger partial charge in [-0.15, -0.1) is 12.4 Å². The number of carbonyl (C=O) groups is 1. The summed E-state index contributed by atoms with van der Waals surface area (Å²) in [5, 5.41) is 2.88. The van der Waals surface area contributed by atoms with Crippen LogP contribution in [0.4, 0.5) is 5.69 Å². The second kappa shape index (κ2) is 9.10. The second-order valence-electron chi connectivity index (χ2n) is 5.94. The lowest BCUT2D eigenvalue weighted by atomic mass is 10.0. The molecule has 8 heteroatoms. The number of nitrogens with one attached hydrogen (secondary N) is 2. The fraction of sp³-hybridized carbons (Fsp3) is 0.533. The molecule has 4 N–H and O–H groups in total. The van der Waals surface area contributed by atoms with E-state index in [0.29, 0.717) is 23.7 Å². The molecular formula is C15H26ClN3O3S. The average Bonchev–Trinajstić information content (AvgIpc) is 2.38. The SMILES string of the molecule is Cc1ccc(C(=O)NC(CN)CC(C)C)cc1NS(C)(=O)=O.Cl. The molecule has 0 spiro atoms. The third-order valence-electron chi connectivity index (χ3n) is 3.17. The first-order valence-corrected chi connectivity index (χ1v) is 9.11. The number of hydrogen-bond donors (Lipinski definition) is 3. The summed E-state index contributed by atoms with van der Waals surface area (Å²) in [7, 11) is -3.39. The van der Waals surface area contributed by atoms with Crippen LogP contribution in [0.3, 0.4) is 0 Å². The van der Waals surface area contributed by atoms with Crippen LogP contribution >= 0.6 is 12.4 Å². The summed E-state index contributed by atoms with van der Waals surface area (Å²) in [5.41, 5.74) is 7.24. The van der Waals surface area contributed by atoms with E-state index in [2.05, 4.69) is 23.9 Å². The third kappa shape index (κ3) is 7.67. The smallest absolute Gasteiger partial charge is 0.251 e. The Hall–Kier alpha value is -1.31. The van der Waals surface area contributed by atoms with Gasteiger partial charge < -0.3 is 11.1 Å². The van der Waals surface area contributed by atoms with Crippen LogP contribution in [0.25, 0.3) is 0 Å². The largest absolute Gasteiger partial charge is 0.348 e. The predicted molar refractivity (Wildman–Crippen MR) is 96.7 cm³/mol. The number of nitrogens with two attached hydrogens (primary N) is 1. The van der Waals surface area contributed by atoms with E-state index in [1.807, 2.05) is 0 Å². The summed E-state index contributed by atoms with van der Waals surface area (Å²) in [4.78, 5) is 12.3. The number of hydrogen-bond acceptors (Lipinski definition) is 4. The van der Waals surface area contributed by atoms with Gasteiger partial charge in [-0.1, -0.05) is 19.9 Å². The Morgan fingerprint density at radius 1 is 1.30 bits per heavy atom. The molecular weight excluding hydrogens is 338 g/mol. The van der Waals surface area contributed by atoms with E-state index in [9.17, 15) is 13.2 Å². The molecule has 1 aromatic rings. The Bertz CT molecular complexity index is 633. The van der Waals surface area contributed by atoms with Crippen molar-refractivity contribution in [2.75, 3.05) is 17.5 Å². The minimum Gasteiger partial charge on any atom is -0.348 e. The molecule has 0 bridgehead atoms. The van der Waals surface area contributed by atoms with E-state index in [4.69, 9.17) is 5.73 Å². The zero-order chi connectivity index (χ0) is 16.9. The molecule has 1 aromatic carbocycles. The molecule has 0 aliphatic heterocycles. The number of aryl methyl sites for hydroxylation is 1. The van der Waals surface area contributed by atoms with E-state index in [1.54, 1.807) is 19.1 Å². The lowest BCUT2D eigenvalue weighted by Crippen LogP contribution is -2.41. The summed E-state index contributed by atoms with van der Waals surface area (Å²) >= 11 is 0. The molecule has 0 saturated carbocycles. The fourth-order valence-electron chi connectivity index (χ4n) is 2.12. The number of halogens is 1. The zero-order valence-electron chi connectivity index (χ0n) is 13.9. The molecule has 23 heavy (non-hydrogen) atoms. The standard InChI is InChI=1S/C15H25N3O3S.ClH/c1-10(2)7-13(9-16)17-15(19)12-6-5-11(3)14(8-12)18-22(4,20)21;/h5-6,8,10,13,18H,7,9,16H2,1-4H3,(H,17,19);1H. The lowest BCUT2D eigenvalue weighted by Gasteiger charge is -2.19. The monoisotopic (exact) mass is 363 g/mol. The molecule has 1 amide bonds. The number of amides is 1.